The number of phenols is 2. The maximum Gasteiger partial charge on any atom is 0.424 e. The molecule has 0 bridgehead atoms. The molecule has 0 fully saturated rings. The van der Waals surface area contributed by atoms with Gasteiger partial charge in [0.25, 0.3) is 5.91 Å². The summed E-state index contributed by atoms with van der Waals surface area (Å²) in [6, 6.07) is 42.5. The normalized spacial score (nSPS) is 10.7. The van der Waals surface area contributed by atoms with Gasteiger partial charge in [0.15, 0.2) is 0 Å². The monoisotopic (exact) mass is 766 g/mol. The number of ether oxygens (including phenoxy) is 2. The van der Waals surface area contributed by atoms with Crippen LogP contribution in [0.15, 0.2) is 140 Å². The number of anilines is 2. The zero-order valence-corrected chi connectivity index (χ0v) is 32.2. The van der Waals surface area contributed by atoms with Crippen LogP contribution in [0.5, 0.6) is 23.0 Å². The number of halogens is 1. The van der Waals surface area contributed by atoms with E-state index in [2.05, 4.69) is 18.3 Å². The Bertz CT molecular complexity index is 2430. The van der Waals surface area contributed by atoms with Crippen LogP contribution in [0.1, 0.15) is 39.9 Å². The average Bonchev–Trinajstić information content (AvgIpc) is 3.21. The number of carbonyl (C=O) groups excluding carboxylic acids is 2. The van der Waals surface area contributed by atoms with Crippen molar-refractivity contribution < 1.29 is 29.3 Å². The van der Waals surface area contributed by atoms with Crippen molar-refractivity contribution >= 4 is 56.5 Å². The van der Waals surface area contributed by atoms with E-state index in [9.17, 15) is 19.8 Å². The summed E-state index contributed by atoms with van der Waals surface area (Å²) >= 11 is 6.25. The third-order valence-corrected chi connectivity index (χ3v) is 9.55. The van der Waals surface area contributed by atoms with Crippen LogP contribution in [0.25, 0.3) is 21.5 Å². The van der Waals surface area contributed by atoms with Crippen molar-refractivity contribution in [2.75, 3.05) is 18.1 Å². The average molecular weight is 767 g/mol. The second kappa shape index (κ2) is 18.2. The van der Waals surface area contributed by atoms with Crippen molar-refractivity contribution in [3.8, 4) is 23.0 Å². The van der Waals surface area contributed by atoms with Gasteiger partial charge in [0.2, 0.25) is 0 Å². The van der Waals surface area contributed by atoms with Crippen molar-refractivity contribution in [2.24, 2.45) is 0 Å². The molecule has 0 saturated heterocycles. The molecule has 9 heteroatoms. The van der Waals surface area contributed by atoms with Crippen molar-refractivity contribution in [3.05, 3.63) is 167 Å². The van der Waals surface area contributed by atoms with E-state index in [1.54, 1.807) is 31.2 Å². The molecule has 0 aliphatic rings. The minimum Gasteiger partial charge on any atom is -0.507 e. The first kappa shape index (κ1) is 39.2. The molecular weight excluding hydrogens is 724 g/mol. The van der Waals surface area contributed by atoms with E-state index in [1.165, 1.54) is 16.5 Å². The highest BCUT2D eigenvalue weighted by Crippen LogP contribution is 2.37. The lowest BCUT2D eigenvalue weighted by Gasteiger charge is -2.23. The standard InChI is InChI=1S/C24H19NO3.C23H24ClNO3/c1-17-16-22(20-14-8-9-15-21(20)23(17)26)28-24(27)25(18-10-4-2-5-11-18)19-12-6-3-7-13-19;1-15-9-10-21(16(2)13-15)28-12-6-5-11-25-23(27)19-14-20(24)17-7-3-4-8-18(17)22(19)26/h2-16,26H,1H3;3-4,7-10,13-14,26H,5-6,11-12H2,1-2H3,(H,25,27). The Kier molecular flexibility index (Phi) is 12.7. The summed E-state index contributed by atoms with van der Waals surface area (Å²) in [7, 11) is 0. The summed E-state index contributed by atoms with van der Waals surface area (Å²) in [6.07, 6.45) is 1.07. The smallest absolute Gasteiger partial charge is 0.424 e. The Morgan fingerprint density at radius 1 is 0.625 bits per heavy atom. The molecule has 2 amide bonds. The lowest BCUT2D eigenvalue weighted by Crippen LogP contribution is -2.29. The summed E-state index contributed by atoms with van der Waals surface area (Å²) in [5.74, 6) is 1.12. The number of hydrogen-bond acceptors (Lipinski definition) is 6. The fourth-order valence-corrected chi connectivity index (χ4v) is 6.63. The maximum atomic E-state index is 13.2. The van der Waals surface area contributed by atoms with Gasteiger partial charge >= 0.3 is 6.09 Å². The number of phenolic OH excluding ortho intramolecular Hbond substituents is 2. The molecule has 7 aromatic carbocycles. The highest BCUT2D eigenvalue weighted by Gasteiger charge is 2.22. The molecule has 0 spiro atoms. The number of aromatic hydroxyl groups is 2. The lowest BCUT2D eigenvalue weighted by molar-refractivity contribution is 0.0950. The first-order chi connectivity index (χ1) is 27.1. The highest BCUT2D eigenvalue weighted by atomic mass is 35.5. The van der Waals surface area contributed by atoms with Gasteiger partial charge in [0, 0.05) is 33.1 Å². The van der Waals surface area contributed by atoms with Crippen molar-refractivity contribution in [1.82, 2.24) is 5.32 Å². The second-order valence-corrected chi connectivity index (χ2v) is 13.7. The largest absolute Gasteiger partial charge is 0.507 e. The number of fused-ring (bicyclic) bond motifs is 2. The summed E-state index contributed by atoms with van der Waals surface area (Å²) in [6.45, 7) is 6.96. The minimum atomic E-state index is -0.521. The number of rotatable bonds is 10. The maximum absolute atomic E-state index is 13.2. The van der Waals surface area contributed by atoms with Crippen LogP contribution < -0.4 is 19.7 Å². The van der Waals surface area contributed by atoms with E-state index >= 15 is 0 Å². The highest BCUT2D eigenvalue weighted by molar-refractivity contribution is 6.36. The number of benzene rings is 7. The van der Waals surface area contributed by atoms with Gasteiger partial charge in [-0.15, -0.1) is 0 Å². The molecule has 0 aliphatic carbocycles. The van der Waals surface area contributed by atoms with E-state index in [0.717, 1.165) is 29.5 Å². The number of nitrogens with one attached hydrogen (secondary N) is 1. The quantitative estimate of drug-likeness (QED) is 0.120. The molecule has 8 nitrogen and oxygen atoms in total. The number of hydrogen-bond donors (Lipinski definition) is 3. The second-order valence-electron chi connectivity index (χ2n) is 13.3. The number of carbonyl (C=O) groups is 2. The minimum absolute atomic E-state index is 0.0457. The first-order valence-electron chi connectivity index (χ1n) is 18.3. The number of para-hydroxylation sites is 2. The number of amides is 2. The van der Waals surface area contributed by atoms with Crippen molar-refractivity contribution in [3.63, 3.8) is 0 Å². The molecule has 0 atom stereocenters. The Morgan fingerprint density at radius 2 is 1.20 bits per heavy atom. The van der Waals surface area contributed by atoms with Gasteiger partial charge in [-0.1, -0.05) is 114 Å². The summed E-state index contributed by atoms with van der Waals surface area (Å²) in [5, 5.41) is 26.7. The van der Waals surface area contributed by atoms with Crippen LogP contribution in [0, 0.1) is 20.8 Å². The van der Waals surface area contributed by atoms with Crippen LogP contribution >= 0.6 is 11.6 Å². The topological polar surface area (TPSA) is 108 Å². The third kappa shape index (κ3) is 9.22. The molecule has 0 aliphatic heterocycles. The summed E-state index contributed by atoms with van der Waals surface area (Å²) in [5.41, 5.74) is 4.58. The van der Waals surface area contributed by atoms with E-state index < -0.39 is 6.09 Å². The van der Waals surface area contributed by atoms with E-state index in [1.807, 2.05) is 110 Å². The molecule has 3 N–H and O–H groups in total. The zero-order chi connectivity index (χ0) is 39.6. The van der Waals surface area contributed by atoms with Crippen LogP contribution in [-0.2, 0) is 0 Å². The molecule has 0 aromatic heterocycles. The molecule has 284 valence electrons. The summed E-state index contributed by atoms with van der Waals surface area (Å²) in [4.78, 5) is 27.2. The zero-order valence-electron chi connectivity index (χ0n) is 31.5. The van der Waals surface area contributed by atoms with Crippen molar-refractivity contribution in [1.29, 1.82) is 0 Å². The molecule has 7 aromatic rings. The molecule has 0 radical (unpaired) electrons. The molecule has 0 heterocycles. The van der Waals surface area contributed by atoms with Gasteiger partial charge < -0.3 is 25.0 Å². The van der Waals surface area contributed by atoms with E-state index in [0.29, 0.717) is 57.0 Å². The molecule has 7 rings (SSSR count). The van der Waals surface area contributed by atoms with Crippen LogP contribution in [0.2, 0.25) is 5.02 Å². The van der Waals surface area contributed by atoms with Crippen LogP contribution in [0.4, 0.5) is 16.2 Å². The van der Waals surface area contributed by atoms with E-state index in [-0.39, 0.29) is 23.0 Å². The predicted molar refractivity (Wildman–Crippen MR) is 225 cm³/mol. The van der Waals surface area contributed by atoms with Gasteiger partial charge in [-0.05, 0) is 87.2 Å². The fourth-order valence-electron chi connectivity index (χ4n) is 6.35. The van der Waals surface area contributed by atoms with Gasteiger partial charge in [-0.25, -0.2) is 9.69 Å². The van der Waals surface area contributed by atoms with Gasteiger partial charge in [0.05, 0.1) is 23.5 Å². The number of nitrogens with zero attached hydrogens (tertiary/aromatic N) is 1. The van der Waals surface area contributed by atoms with Gasteiger partial charge in [-0.3, -0.25) is 4.79 Å². The molecular formula is C47H43ClN2O6. The van der Waals surface area contributed by atoms with Gasteiger partial charge in [0.1, 0.15) is 23.0 Å². The summed E-state index contributed by atoms with van der Waals surface area (Å²) < 4.78 is 11.6. The number of aryl methyl sites for hydroxylation is 3. The van der Waals surface area contributed by atoms with Crippen molar-refractivity contribution in [2.45, 2.75) is 33.6 Å². The van der Waals surface area contributed by atoms with Crippen LogP contribution in [0.3, 0.4) is 0 Å². The van der Waals surface area contributed by atoms with Crippen LogP contribution in [-0.4, -0.2) is 35.4 Å². The predicted octanol–water partition coefficient (Wildman–Crippen LogP) is 11.6. The molecule has 0 saturated carbocycles. The lowest BCUT2D eigenvalue weighted by atomic mass is 10.0. The molecule has 0 unspecified atom stereocenters. The Labute approximate surface area is 331 Å². The Hall–Kier alpha value is -6.51. The molecule has 56 heavy (non-hydrogen) atoms. The Morgan fingerprint density at radius 3 is 1.82 bits per heavy atom. The SMILES string of the molecule is Cc1cc(OC(=O)N(c2ccccc2)c2ccccc2)c2ccccc2c1O.Cc1ccc(OCCCCNC(=O)c2cc(Cl)c3ccccc3c2O)c(C)c1. The van der Waals surface area contributed by atoms with Gasteiger partial charge in [-0.2, -0.15) is 0 Å². The first-order valence-corrected chi connectivity index (χ1v) is 18.7. The fraction of sp³-hybridized carbons (Fsp3) is 0.149. The third-order valence-electron chi connectivity index (χ3n) is 9.23. The van der Waals surface area contributed by atoms with E-state index in [4.69, 9.17) is 21.1 Å². The number of unbranched alkanes of at least 4 members (excludes halogenated alkanes) is 1. The Balaban J connectivity index is 0.000000190.